The van der Waals surface area contributed by atoms with E-state index in [0.29, 0.717) is 6.61 Å². The number of rotatable bonds is 9. The van der Waals surface area contributed by atoms with Gasteiger partial charge in [-0.15, -0.1) is 11.3 Å². The van der Waals surface area contributed by atoms with Crippen LogP contribution in [0, 0.1) is 0 Å². The highest BCUT2D eigenvalue weighted by Gasteiger charge is 2.07. The van der Waals surface area contributed by atoms with E-state index in [1.165, 1.54) is 4.88 Å². The number of nitrogens with one attached hydrogen (secondary N) is 1. The van der Waals surface area contributed by atoms with Gasteiger partial charge in [-0.1, -0.05) is 18.2 Å². The van der Waals surface area contributed by atoms with Gasteiger partial charge in [-0.25, -0.2) is 4.98 Å². The number of ether oxygens (including phenoxy) is 1. The predicted octanol–water partition coefficient (Wildman–Crippen LogP) is 3.16. The van der Waals surface area contributed by atoms with E-state index in [1.807, 2.05) is 36.5 Å². The lowest BCUT2D eigenvalue weighted by Gasteiger charge is -2.16. The van der Waals surface area contributed by atoms with Gasteiger partial charge in [-0.3, -0.25) is 0 Å². The van der Waals surface area contributed by atoms with E-state index in [9.17, 15) is 0 Å². The molecule has 5 heteroatoms. The normalized spacial score (nSPS) is 10.6. The smallest absolute Gasteiger partial charge is 0.185 e. The first kappa shape index (κ1) is 15.8. The molecule has 0 fully saturated rings. The number of anilines is 1. The van der Waals surface area contributed by atoms with Crippen LogP contribution in [0.25, 0.3) is 0 Å². The number of hydrogen-bond acceptors (Lipinski definition) is 5. The van der Waals surface area contributed by atoms with Crippen molar-refractivity contribution < 1.29 is 4.74 Å². The number of benzene rings is 1. The summed E-state index contributed by atoms with van der Waals surface area (Å²) in [6.07, 6.45) is 1.96. The van der Waals surface area contributed by atoms with E-state index >= 15 is 0 Å². The predicted molar refractivity (Wildman–Crippen MR) is 89.3 cm³/mol. The Balaban J connectivity index is 1.67. The zero-order chi connectivity index (χ0) is 14.9. The van der Waals surface area contributed by atoms with Gasteiger partial charge in [0.25, 0.3) is 0 Å². The zero-order valence-corrected chi connectivity index (χ0v) is 13.5. The molecule has 2 aromatic rings. The van der Waals surface area contributed by atoms with Crippen LogP contribution in [-0.2, 0) is 6.54 Å². The van der Waals surface area contributed by atoms with Crippen LogP contribution >= 0.6 is 11.3 Å². The van der Waals surface area contributed by atoms with Crippen molar-refractivity contribution in [2.75, 3.05) is 31.1 Å². The van der Waals surface area contributed by atoms with Crippen LogP contribution < -0.4 is 15.0 Å². The second-order valence-electron chi connectivity index (χ2n) is 4.62. The molecular formula is C16H23N3OS. The lowest BCUT2D eigenvalue weighted by molar-refractivity contribution is 0.314. The number of aromatic nitrogens is 1. The second-order valence-corrected chi connectivity index (χ2v) is 5.71. The molecule has 114 valence electrons. The molecule has 1 aromatic heterocycles. The third-order valence-corrected chi connectivity index (χ3v) is 4.22. The second kappa shape index (κ2) is 8.64. The molecule has 0 atom stereocenters. The van der Waals surface area contributed by atoms with Gasteiger partial charge >= 0.3 is 0 Å². The van der Waals surface area contributed by atoms with Gasteiger partial charge in [0.05, 0.1) is 0 Å². The summed E-state index contributed by atoms with van der Waals surface area (Å²) >= 11 is 1.76. The SMILES string of the molecule is CCN(CC)c1ncc(CNCCOc2ccccc2)s1. The summed E-state index contributed by atoms with van der Waals surface area (Å²) in [4.78, 5) is 8.01. The number of thiazole rings is 1. The maximum atomic E-state index is 5.64. The zero-order valence-electron chi connectivity index (χ0n) is 12.7. The summed E-state index contributed by atoms with van der Waals surface area (Å²) in [5.41, 5.74) is 0. The highest BCUT2D eigenvalue weighted by atomic mass is 32.1. The van der Waals surface area contributed by atoms with Crippen molar-refractivity contribution in [3.8, 4) is 5.75 Å². The molecule has 0 saturated heterocycles. The van der Waals surface area contributed by atoms with Gasteiger partial charge in [0.1, 0.15) is 12.4 Å². The summed E-state index contributed by atoms with van der Waals surface area (Å²) in [5, 5.41) is 4.50. The van der Waals surface area contributed by atoms with Crippen molar-refractivity contribution in [1.82, 2.24) is 10.3 Å². The number of nitrogens with zero attached hydrogens (tertiary/aromatic N) is 2. The van der Waals surface area contributed by atoms with Crippen LogP contribution in [-0.4, -0.2) is 31.2 Å². The lowest BCUT2D eigenvalue weighted by atomic mass is 10.3. The number of para-hydroxylation sites is 1. The highest BCUT2D eigenvalue weighted by molar-refractivity contribution is 7.15. The minimum absolute atomic E-state index is 0.672. The van der Waals surface area contributed by atoms with E-state index in [-0.39, 0.29) is 0 Å². The first-order chi connectivity index (χ1) is 10.3. The lowest BCUT2D eigenvalue weighted by Crippen LogP contribution is -2.21. The van der Waals surface area contributed by atoms with Crippen molar-refractivity contribution >= 4 is 16.5 Å². The van der Waals surface area contributed by atoms with Crippen molar-refractivity contribution in [2.24, 2.45) is 0 Å². The average Bonchev–Trinajstić information content (AvgIpc) is 2.98. The van der Waals surface area contributed by atoms with Gasteiger partial charge in [0, 0.05) is 37.3 Å². The van der Waals surface area contributed by atoms with Crippen LogP contribution in [0.4, 0.5) is 5.13 Å². The molecule has 0 amide bonds. The fourth-order valence-electron chi connectivity index (χ4n) is 1.99. The van der Waals surface area contributed by atoms with Crippen molar-refractivity contribution in [1.29, 1.82) is 0 Å². The fraction of sp³-hybridized carbons (Fsp3) is 0.438. The highest BCUT2D eigenvalue weighted by Crippen LogP contribution is 2.21. The summed E-state index contributed by atoms with van der Waals surface area (Å²) in [6, 6.07) is 9.89. The maximum absolute atomic E-state index is 5.64. The van der Waals surface area contributed by atoms with Crippen LogP contribution in [0.15, 0.2) is 36.5 Å². The Morgan fingerprint density at radius 3 is 2.67 bits per heavy atom. The van der Waals surface area contributed by atoms with Crippen molar-refractivity contribution in [3.05, 3.63) is 41.4 Å². The molecular weight excluding hydrogens is 282 g/mol. The van der Waals surface area contributed by atoms with E-state index in [0.717, 1.165) is 37.1 Å². The topological polar surface area (TPSA) is 37.4 Å². The van der Waals surface area contributed by atoms with E-state index < -0.39 is 0 Å². The van der Waals surface area contributed by atoms with E-state index in [4.69, 9.17) is 4.74 Å². The molecule has 0 radical (unpaired) electrons. The Hall–Kier alpha value is -1.59. The van der Waals surface area contributed by atoms with E-state index in [2.05, 4.69) is 29.0 Å². The quantitative estimate of drug-likeness (QED) is 0.722. The molecule has 0 spiro atoms. The van der Waals surface area contributed by atoms with Crippen LogP contribution in [0.2, 0.25) is 0 Å². The summed E-state index contributed by atoms with van der Waals surface area (Å²) < 4.78 is 5.64. The fourth-order valence-corrected chi connectivity index (χ4v) is 3.00. The monoisotopic (exact) mass is 305 g/mol. The summed E-state index contributed by atoms with van der Waals surface area (Å²) in [7, 11) is 0. The van der Waals surface area contributed by atoms with Gasteiger partial charge in [0.2, 0.25) is 0 Å². The first-order valence-corrected chi connectivity index (χ1v) is 8.23. The summed E-state index contributed by atoms with van der Waals surface area (Å²) in [5.74, 6) is 0.918. The van der Waals surface area contributed by atoms with Gasteiger partial charge < -0.3 is 15.0 Å². The molecule has 0 bridgehead atoms. The minimum Gasteiger partial charge on any atom is -0.492 e. The van der Waals surface area contributed by atoms with Gasteiger partial charge in [0.15, 0.2) is 5.13 Å². The third kappa shape index (κ3) is 5.02. The Morgan fingerprint density at radius 2 is 1.95 bits per heavy atom. The van der Waals surface area contributed by atoms with Crippen LogP contribution in [0.3, 0.4) is 0 Å². The Morgan fingerprint density at radius 1 is 1.19 bits per heavy atom. The molecule has 0 aliphatic heterocycles. The Labute approximate surface area is 130 Å². The summed E-state index contributed by atoms with van der Waals surface area (Å²) in [6.45, 7) is 8.66. The molecule has 1 aromatic carbocycles. The maximum Gasteiger partial charge on any atom is 0.185 e. The minimum atomic E-state index is 0.672. The van der Waals surface area contributed by atoms with Gasteiger partial charge in [-0.05, 0) is 26.0 Å². The molecule has 2 rings (SSSR count). The molecule has 0 unspecified atom stereocenters. The molecule has 21 heavy (non-hydrogen) atoms. The van der Waals surface area contributed by atoms with Crippen LogP contribution in [0.5, 0.6) is 5.75 Å². The third-order valence-electron chi connectivity index (χ3n) is 3.17. The Bertz CT molecular complexity index is 511. The van der Waals surface area contributed by atoms with Crippen LogP contribution in [0.1, 0.15) is 18.7 Å². The largest absolute Gasteiger partial charge is 0.492 e. The van der Waals surface area contributed by atoms with E-state index in [1.54, 1.807) is 11.3 Å². The standard InChI is InChI=1S/C16H23N3OS/c1-3-19(4-2)16-18-13-15(21-16)12-17-10-11-20-14-8-6-5-7-9-14/h5-9,13,17H,3-4,10-12H2,1-2H3. The van der Waals surface area contributed by atoms with Crippen molar-refractivity contribution in [3.63, 3.8) is 0 Å². The molecule has 1 heterocycles. The molecule has 0 aliphatic carbocycles. The van der Waals surface area contributed by atoms with Gasteiger partial charge in [-0.2, -0.15) is 0 Å². The number of hydrogen-bond donors (Lipinski definition) is 1. The molecule has 1 N–H and O–H groups in total. The molecule has 0 aliphatic rings. The average molecular weight is 305 g/mol. The molecule has 0 saturated carbocycles. The van der Waals surface area contributed by atoms with Crippen molar-refractivity contribution in [2.45, 2.75) is 20.4 Å². The Kier molecular flexibility index (Phi) is 6.50. The first-order valence-electron chi connectivity index (χ1n) is 7.41. The molecule has 4 nitrogen and oxygen atoms in total.